The van der Waals surface area contributed by atoms with E-state index < -0.39 is 5.54 Å². The Morgan fingerprint density at radius 1 is 1.75 bits per heavy atom. The van der Waals surface area contributed by atoms with Gasteiger partial charge in [0, 0.05) is 17.2 Å². The Kier molecular flexibility index (Phi) is 4.80. The van der Waals surface area contributed by atoms with E-state index in [1.807, 2.05) is 0 Å². The highest BCUT2D eigenvalue weighted by Crippen LogP contribution is 2.32. The minimum Gasteiger partial charge on any atom is -0.492 e. The van der Waals surface area contributed by atoms with Gasteiger partial charge in [0.05, 0.1) is 18.1 Å². The molecule has 0 fully saturated rings. The smallest absolute Gasteiger partial charge is 0.243 e. The van der Waals surface area contributed by atoms with Crippen molar-refractivity contribution in [2.45, 2.75) is 25.3 Å². The second-order valence-electron chi connectivity index (χ2n) is 3.78. The summed E-state index contributed by atoms with van der Waals surface area (Å²) in [5.74, 6) is 0.543. The second-order valence-corrected chi connectivity index (χ2v) is 5.03. The van der Waals surface area contributed by atoms with Gasteiger partial charge in [-0.15, -0.1) is 0 Å². The van der Waals surface area contributed by atoms with Crippen LogP contribution in [0.3, 0.4) is 0 Å². The number of ether oxygens (including phenoxy) is 1. The lowest BCUT2D eigenvalue weighted by Crippen LogP contribution is -2.34. The molecule has 0 saturated carbocycles. The van der Waals surface area contributed by atoms with E-state index in [0.29, 0.717) is 17.4 Å². The van der Waals surface area contributed by atoms with Gasteiger partial charge in [0.2, 0.25) is 5.54 Å². The molecule has 0 aromatic carbocycles. The zero-order valence-electron chi connectivity index (χ0n) is 8.91. The Labute approximate surface area is 108 Å². The topological polar surface area (TPSA) is 52.4 Å². The summed E-state index contributed by atoms with van der Waals surface area (Å²) < 4.78 is 5.42. The molecule has 1 aliphatic rings. The predicted molar refractivity (Wildman–Crippen MR) is 66.4 cm³/mol. The summed E-state index contributed by atoms with van der Waals surface area (Å²) in [6.07, 6.45) is 4.17. The number of nitro groups is 1. The van der Waals surface area contributed by atoms with Crippen LogP contribution >= 0.6 is 27.5 Å². The van der Waals surface area contributed by atoms with E-state index in [1.54, 1.807) is 13.0 Å². The fourth-order valence-electron chi connectivity index (χ4n) is 1.29. The normalized spacial score (nSPS) is 24.7. The molecule has 0 aromatic rings. The molecule has 0 N–H and O–H groups in total. The minimum absolute atomic E-state index is 0.182. The Morgan fingerprint density at radius 2 is 2.44 bits per heavy atom. The van der Waals surface area contributed by atoms with Crippen LogP contribution in [-0.4, -0.2) is 22.4 Å². The van der Waals surface area contributed by atoms with Crippen LogP contribution < -0.4 is 0 Å². The SMILES string of the molecule is CC1([N+](=O)[O-])C=CC(OCCCBr)=C(Cl)C1. The number of halogens is 2. The van der Waals surface area contributed by atoms with E-state index in [1.165, 1.54) is 6.08 Å². The molecule has 90 valence electrons. The molecule has 0 heterocycles. The third kappa shape index (κ3) is 3.22. The fourth-order valence-corrected chi connectivity index (χ4v) is 1.91. The first-order chi connectivity index (χ1) is 7.49. The number of allylic oxidation sites excluding steroid dienone is 1. The molecule has 0 radical (unpaired) electrons. The van der Waals surface area contributed by atoms with E-state index in [2.05, 4.69) is 15.9 Å². The molecule has 16 heavy (non-hydrogen) atoms. The van der Waals surface area contributed by atoms with E-state index in [-0.39, 0.29) is 11.3 Å². The maximum atomic E-state index is 10.8. The van der Waals surface area contributed by atoms with E-state index in [0.717, 1.165) is 11.8 Å². The van der Waals surface area contributed by atoms with Crippen molar-refractivity contribution in [3.05, 3.63) is 33.1 Å². The zero-order chi connectivity index (χ0) is 12.2. The highest BCUT2D eigenvalue weighted by molar-refractivity contribution is 9.09. The molecule has 1 rings (SSSR count). The first-order valence-electron chi connectivity index (χ1n) is 4.91. The van der Waals surface area contributed by atoms with Gasteiger partial charge in [-0.25, -0.2) is 0 Å². The molecule has 0 spiro atoms. The Bertz CT molecular complexity index is 343. The Balaban J connectivity index is 2.65. The van der Waals surface area contributed by atoms with Gasteiger partial charge in [-0.3, -0.25) is 10.1 Å². The quantitative estimate of drug-likeness (QED) is 0.339. The second kappa shape index (κ2) is 5.68. The average Bonchev–Trinajstić information content (AvgIpc) is 2.21. The molecule has 1 atom stereocenters. The largest absolute Gasteiger partial charge is 0.492 e. The molecular weight excluding hydrogens is 297 g/mol. The van der Waals surface area contributed by atoms with Crippen molar-refractivity contribution >= 4 is 27.5 Å². The number of nitrogens with zero attached hydrogens (tertiary/aromatic N) is 1. The molecule has 1 unspecified atom stereocenters. The number of alkyl halides is 1. The Morgan fingerprint density at radius 3 is 2.94 bits per heavy atom. The number of hydrogen-bond donors (Lipinski definition) is 0. The van der Waals surface area contributed by atoms with Crippen LogP contribution in [0.1, 0.15) is 19.8 Å². The molecule has 0 amide bonds. The van der Waals surface area contributed by atoms with Crippen LogP contribution in [0.4, 0.5) is 0 Å². The van der Waals surface area contributed by atoms with Crippen molar-refractivity contribution in [3.63, 3.8) is 0 Å². The predicted octanol–water partition coefficient (Wildman–Crippen LogP) is 3.23. The molecule has 4 nitrogen and oxygen atoms in total. The van der Waals surface area contributed by atoms with Crippen LogP contribution in [0.15, 0.2) is 22.9 Å². The summed E-state index contributed by atoms with van der Waals surface area (Å²) in [6.45, 7) is 2.09. The standard InChI is InChI=1S/C10H13BrClNO3/c1-10(13(14)15)4-3-9(8(12)7-10)16-6-2-5-11/h3-4H,2,5-7H2,1H3. The van der Waals surface area contributed by atoms with Crippen LogP contribution in [0.2, 0.25) is 0 Å². The highest BCUT2D eigenvalue weighted by atomic mass is 79.9. The van der Waals surface area contributed by atoms with Gasteiger partial charge in [0.1, 0.15) is 5.76 Å². The molecule has 0 aliphatic heterocycles. The van der Waals surface area contributed by atoms with Crippen molar-refractivity contribution in [1.29, 1.82) is 0 Å². The lowest BCUT2D eigenvalue weighted by molar-refractivity contribution is -0.549. The lowest BCUT2D eigenvalue weighted by atomic mass is 9.94. The van der Waals surface area contributed by atoms with Crippen molar-refractivity contribution in [2.75, 3.05) is 11.9 Å². The van der Waals surface area contributed by atoms with Gasteiger partial charge in [-0.05, 0) is 18.6 Å². The van der Waals surface area contributed by atoms with Crippen LogP contribution in [-0.2, 0) is 4.74 Å². The van der Waals surface area contributed by atoms with Crippen molar-refractivity contribution in [3.8, 4) is 0 Å². The first-order valence-corrected chi connectivity index (χ1v) is 6.41. The summed E-state index contributed by atoms with van der Waals surface area (Å²) >= 11 is 9.27. The van der Waals surface area contributed by atoms with Crippen molar-refractivity contribution < 1.29 is 9.66 Å². The van der Waals surface area contributed by atoms with Crippen LogP contribution in [0, 0.1) is 10.1 Å². The maximum Gasteiger partial charge on any atom is 0.243 e. The summed E-state index contributed by atoms with van der Waals surface area (Å²) in [4.78, 5) is 10.5. The van der Waals surface area contributed by atoms with Crippen LogP contribution in [0.5, 0.6) is 0 Å². The van der Waals surface area contributed by atoms with E-state index in [9.17, 15) is 10.1 Å². The fraction of sp³-hybridized carbons (Fsp3) is 0.600. The van der Waals surface area contributed by atoms with E-state index >= 15 is 0 Å². The highest BCUT2D eigenvalue weighted by Gasteiger charge is 2.38. The van der Waals surface area contributed by atoms with Crippen molar-refractivity contribution in [2.24, 2.45) is 0 Å². The molecule has 1 aliphatic carbocycles. The van der Waals surface area contributed by atoms with Gasteiger partial charge in [0.25, 0.3) is 0 Å². The zero-order valence-corrected chi connectivity index (χ0v) is 11.3. The molecule has 0 aromatic heterocycles. The van der Waals surface area contributed by atoms with Gasteiger partial charge in [0.15, 0.2) is 0 Å². The Hall–Kier alpha value is -0.550. The molecule has 0 saturated heterocycles. The van der Waals surface area contributed by atoms with Gasteiger partial charge < -0.3 is 4.74 Å². The van der Waals surface area contributed by atoms with E-state index in [4.69, 9.17) is 16.3 Å². The third-order valence-electron chi connectivity index (χ3n) is 2.33. The van der Waals surface area contributed by atoms with Gasteiger partial charge in [-0.1, -0.05) is 27.5 Å². The first kappa shape index (κ1) is 13.5. The summed E-state index contributed by atoms with van der Waals surface area (Å²) in [5.41, 5.74) is -1.11. The number of hydrogen-bond acceptors (Lipinski definition) is 3. The molecule has 6 heteroatoms. The van der Waals surface area contributed by atoms with Gasteiger partial charge in [-0.2, -0.15) is 0 Å². The molecule has 0 bridgehead atoms. The summed E-state index contributed by atoms with van der Waals surface area (Å²) in [5, 5.41) is 12.1. The monoisotopic (exact) mass is 309 g/mol. The summed E-state index contributed by atoms with van der Waals surface area (Å²) in [6, 6.07) is 0. The molecular formula is C10H13BrClNO3. The van der Waals surface area contributed by atoms with Gasteiger partial charge >= 0.3 is 0 Å². The maximum absolute atomic E-state index is 10.8. The van der Waals surface area contributed by atoms with Crippen LogP contribution in [0.25, 0.3) is 0 Å². The number of rotatable bonds is 5. The summed E-state index contributed by atoms with van der Waals surface area (Å²) in [7, 11) is 0. The third-order valence-corrected chi connectivity index (χ3v) is 3.21. The average molecular weight is 311 g/mol. The minimum atomic E-state index is -1.11. The lowest BCUT2D eigenvalue weighted by Gasteiger charge is -2.22. The van der Waals surface area contributed by atoms with Crippen molar-refractivity contribution in [1.82, 2.24) is 0 Å².